The highest BCUT2D eigenvalue weighted by atomic mass is 14.8. The molecule has 0 radical (unpaired) electrons. The molecule has 3 rings (SSSR count). The van der Waals surface area contributed by atoms with Crippen LogP contribution in [0.25, 0.3) is 22.1 Å². The minimum absolute atomic E-state index is 0.116. The molecule has 2 heteroatoms. The van der Waals surface area contributed by atoms with Gasteiger partial charge < -0.3 is 0 Å². The molecule has 0 aliphatic carbocycles. The number of para-hydroxylation sites is 2. The van der Waals surface area contributed by atoms with Crippen molar-refractivity contribution in [1.82, 2.24) is 9.97 Å². The summed E-state index contributed by atoms with van der Waals surface area (Å²) in [5, 5.41) is 0. The van der Waals surface area contributed by atoms with E-state index in [-0.39, 0.29) is 5.41 Å². The summed E-state index contributed by atoms with van der Waals surface area (Å²) in [6.45, 7) is 13.7. The van der Waals surface area contributed by atoms with Gasteiger partial charge in [0, 0.05) is 0 Å². The Labute approximate surface area is 139 Å². The number of aryl methyl sites for hydroxylation is 1. The number of aromatic nitrogens is 2. The third kappa shape index (κ3) is 3.21. The van der Waals surface area contributed by atoms with Crippen molar-refractivity contribution in [1.29, 1.82) is 0 Å². The molecule has 2 nitrogen and oxygen atoms in total. The second kappa shape index (κ2) is 5.30. The molecule has 0 amide bonds. The molecule has 1 aromatic heterocycles. The van der Waals surface area contributed by atoms with E-state index in [1.807, 2.05) is 24.3 Å². The first-order chi connectivity index (χ1) is 10.7. The summed E-state index contributed by atoms with van der Waals surface area (Å²) in [5.41, 5.74) is 6.90. The van der Waals surface area contributed by atoms with Crippen molar-refractivity contribution in [3.8, 4) is 0 Å². The summed E-state index contributed by atoms with van der Waals surface area (Å²) in [4.78, 5) is 9.66. The maximum Gasteiger partial charge on any atom is 0.0923 e. The van der Waals surface area contributed by atoms with E-state index in [0.29, 0.717) is 5.41 Å². The highest BCUT2D eigenvalue weighted by molar-refractivity contribution is 5.88. The predicted octanol–water partition coefficient (Wildman–Crippen LogP) is 5.81. The number of benzene rings is 2. The van der Waals surface area contributed by atoms with Gasteiger partial charge >= 0.3 is 0 Å². The first-order valence-electron chi connectivity index (χ1n) is 8.33. The Morgan fingerprint density at radius 3 is 2.04 bits per heavy atom. The Morgan fingerprint density at radius 2 is 1.43 bits per heavy atom. The smallest absolute Gasteiger partial charge is 0.0923 e. The Morgan fingerprint density at radius 1 is 0.826 bits per heavy atom. The summed E-state index contributed by atoms with van der Waals surface area (Å²) in [6.07, 6.45) is 1.13. The van der Waals surface area contributed by atoms with E-state index in [1.54, 1.807) is 0 Å². The van der Waals surface area contributed by atoms with Crippen molar-refractivity contribution in [2.24, 2.45) is 5.41 Å². The van der Waals surface area contributed by atoms with Crippen LogP contribution in [-0.2, 0) is 5.41 Å². The van der Waals surface area contributed by atoms with Crippen molar-refractivity contribution in [2.45, 2.75) is 53.4 Å². The number of rotatable bonds is 2. The maximum atomic E-state index is 4.85. The summed E-state index contributed by atoms with van der Waals surface area (Å²) in [5.74, 6) is 0. The second-order valence-corrected chi connectivity index (χ2v) is 8.49. The van der Waals surface area contributed by atoms with Gasteiger partial charge in [0.25, 0.3) is 0 Å². The van der Waals surface area contributed by atoms with Crippen molar-refractivity contribution in [3.63, 3.8) is 0 Å². The molecule has 0 aliphatic heterocycles. The number of hydrogen-bond acceptors (Lipinski definition) is 2. The molecular weight excluding hydrogens is 280 g/mol. The third-order valence-corrected chi connectivity index (χ3v) is 4.39. The predicted molar refractivity (Wildman–Crippen MR) is 98.9 cm³/mol. The average molecular weight is 306 g/mol. The third-order valence-electron chi connectivity index (χ3n) is 4.39. The zero-order valence-corrected chi connectivity index (χ0v) is 15.1. The van der Waals surface area contributed by atoms with Crippen molar-refractivity contribution in [2.75, 3.05) is 0 Å². The van der Waals surface area contributed by atoms with E-state index >= 15 is 0 Å². The molecular formula is C21H26N2. The molecule has 0 N–H and O–H groups in total. The Hall–Kier alpha value is -1.96. The van der Waals surface area contributed by atoms with Gasteiger partial charge in [-0.05, 0) is 53.5 Å². The number of nitrogens with zero attached hydrogens (tertiary/aromatic N) is 2. The first kappa shape index (κ1) is 15.9. The molecule has 0 unspecified atom stereocenters. The quantitative estimate of drug-likeness (QED) is 0.559. The lowest BCUT2D eigenvalue weighted by atomic mass is 9.72. The zero-order chi connectivity index (χ0) is 16.8. The molecule has 0 atom stereocenters. The summed E-state index contributed by atoms with van der Waals surface area (Å²) in [7, 11) is 0. The van der Waals surface area contributed by atoms with Crippen LogP contribution in [0.2, 0.25) is 0 Å². The van der Waals surface area contributed by atoms with Gasteiger partial charge in [-0.2, -0.15) is 0 Å². The standard InChI is InChI=1S/C21H26N2/c1-14-11-15(21(5,6)13-20(2,3)4)12-18-19(14)23-17-10-8-7-9-16(17)22-18/h7-12H,13H2,1-6H3. The largest absolute Gasteiger partial charge is 0.244 e. The van der Waals surface area contributed by atoms with Gasteiger partial charge in [0.1, 0.15) is 0 Å². The van der Waals surface area contributed by atoms with Gasteiger partial charge in [-0.3, -0.25) is 0 Å². The fourth-order valence-corrected chi connectivity index (χ4v) is 3.71. The van der Waals surface area contributed by atoms with Crippen LogP contribution in [-0.4, -0.2) is 9.97 Å². The van der Waals surface area contributed by atoms with Gasteiger partial charge in [-0.15, -0.1) is 0 Å². The van der Waals surface area contributed by atoms with E-state index in [2.05, 4.69) is 53.7 Å². The highest BCUT2D eigenvalue weighted by Crippen LogP contribution is 2.37. The van der Waals surface area contributed by atoms with Gasteiger partial charge in [0.2, 0.25) is 0 Å². The average Bonchev–Trinajstić information content (AvgIpc) is 2.43. The SMILES string of the molecule is Cc1cc(C(C)(C)CC(C)(C)C)cc2nc3ccccc3nc12. The van der Waals surface area contributed by atoms with Crippen LogP contribution in [0.3, 0.4) is 0 Å². The number of fused-ring (bicyclic) bond motifs is 2. The molecule has 0 saturated heterocycles. The molecule has 0 bridgehead atoms. The van der Waals surface area contributed by atoms with Crippen LogP contribution >= 0.6 is 0 Å². The Balaban J connectivity index is 2.18. The Bertz CT molecular complexity index is 870. The summed E-state index contributed by atoms with van der Waals surface area (Å²) in [6, 6.07) is 12.6. The lowest BCUT2D eigenvalue weighted by Gasteiger charge is -2.33. The van der Waals surface area contributed by atoms with Gasteiger partial charge in [0.05, 0.1) is 22.1 Å². The van der Waals surface area contributed by atoms with Crippen LogP contribution in [0, 0.1) is 12.3 Å². The van der Waals surface area contributed by atoms with E-state index in [4.69, 9.17) is 9.97 Å². The molecule has 0 saturated carbocycles. The van der Waals surface area contributed by atoms with E-state index in [9.17, 15) is 0 Å². The molecule has 0 aliphatic rings. The van der Waals surface area contributed by atoms with Crippen molar-refractivity contribution >= 4 is 22.1 Å². The topological polar surface area (TPSA) is 25.8 Å². The van der Waals surface area contributed by atoms with Crippen LogP contribution in [0.5, 0.6) is 0 Å². The molecule has 120 valence electrons. The fourth-order valence-electron chi connectivity index (χ4n) is 3.71. The summed E-state index contributed by atoms with van der Waals surface area (Å²) >= 11 is 0. The van der Waals surface area contributed by atoms with Crippen LogP contribution in [0.4, 0.5) is 0 Å². The van der Waals surface area contributed by atoms with Crippen LogP contribution in [0.1, 0.15) is 52.2 Å². The normalized spacial score (nSPS) is 13.0. The minimum Gasteiger partial charge on any atom is -0.244 e. The molecule has 2 aromatic carbocycles. The van der Waals surface area contributed by atoms with Crippen LogP contribution < -0.4 is 0 Å². The highest BCUT2D eigenvalue weighted by Gasteiger charge is 2.28. The molecule has 0 spiro atoms. The van der Waals surface area contributed by atoms with E-state index in [1.165, 1.54) is 11.1 Å². The number of hydrogen-bond donors (Lipinski definition) is 0. The lowest BCUT2D eigenvalue weighted by molar-refractivity contribution is 0.284. The van der Waals surface area contributed by atoms with Gasteiger partial charge in [-0.1, -0.05) is 52.8 Å². The van der Waals surface area contributed by atoms with E-state index < -0.39 is 0 Å². The zero-order valence-electron chi connectivity index (χ0n) is 15.1. The maximum absolute atomic E-state index is 4.85. The molecule has 23 heavy (non-hydrogen) atoms. The van der Waals surface area contributed by atoms with Gasteiger partial charge in [-0.25, -0.2) is 9.97 Å². The summed E-state index contributed by atoms with van der Waals surface area (Å²) < 4.78 is 0. The van der Waals surface area contributed by atoms with E-state index in [0.717, 1.165) is 28.5 Å². The van der Waals surface area contributed by atoms with Crippen molar-refractivity contribution in [3.05, 3.63) is 47.5 Å². The van der Waals surface area contributed by atoms with Crippen LogP contribution in [0.15, 0.2) is 36.4 Å². The fraction of sp³-hybridized carbons (Fsp3) is 0.429. The molecule has 1 heterocycles. The van der Waals surface area contributed by atoms with Crippen molar-refractivity contribution < 1.29 is 0 Å². The first-order valence-corrected chi connectivity index (χ1v) is 8.33. The monoisotopic (exact) mass is 306 g/mol. The lowest BCUT2D eigenvalue weighted by Crippen LogP contribution is -2.25. The molecule has 0 fully saturated rings. The molecule has 3 aromatic rings. The van der Waals surface area contributed by atoms with Gasteiger partial charge in [0.15, 0.2) is 0 Å². The minimum atomic E-state index is 0.116. The Kier molecular flexibility index (Phi) is 3.66. The second-order valence-electron chi connectivity index (χ2n) is 8.49.